The van der Waals surface area contributed by atoms with Crippen LogP contribution in [-0.4, -0.2) is 19.8 Å². The number of rotatable bonds is 7. The Balaban J connectivity index is 2.52. The Morgan fingerprint density at radius 3 is 2.44 bits per heavy atom. The van der Waals surface area contributed by atoms with Crippen LogP contribution >= 0.6 is 0 Å². The average Bonchev–Trinajstić information content (AvgIpc) is 2.34. The Morgan fingerprint density at radius 1 is 1.19 bits per heavy atom. The highest BCUT2D eigenvalue weighted by atomic mass is 16.5. The number of benzene rings is 1. The first-order valence-electron chi connectivity index (χ1n) is 6.10. The largest absolute Gasteiger partial charge is 0.383 e. The Labute approximate surface area is 99.0 Å². The fourth-order valence-electron chi connectivity index (χ4n) is 1.85. The van der Waals surface area contributed by atoms with Crippen molar-refractivity contribution in [2.45, 2.75) is 39.3 Å². The first-order valence-corrected chi connectivity index (χ1v) is 6.10. The van der Waals surface area contributed by atoms with E-state index in [4.69, 9.17) is 4.74 Å². The molecule has 0 saturated heterocycles. The molecule has 0 bridgehead atoms. The van der Waals surface area contributed by atoms with Crippen LogP contribution < -0.4 is 5.32 Å². The Kier molecular flexibility index (Phi) is 6.12. The molecule has 1 rings (SSSR count). The smallest absolute Gasteiger partial charge is 0.0615 e. The van der Waals surface area contributed by atoms with Gasteiger partial charge in [-0.2, -0.15) is 0 Å². The molecule has 2 nitrogen and oxygen atoms in total. The van der Waals surface area contributed by atoms with Gasteiger partial charge in [0.15, 0.2) is 0 Å². The maximum Gasteiger partial charge on any atom is 0.0615 e. The van der Waals surface area contributed by atoms with Crippen LogP contribution in [0.4, 0.5) is 0 Å². The van der Waals surface area contributed by atoms with E-state index < -0.39 is 0 Å². The number of hydrogen-bond donors (Lipinski definition) is 1. The first kappa shape index (κ1) is 13.2. The SMILES string of the molecule is CCc1ccccc1CNC(CC)COC. The van der Waals surface area contributed by atoms with Crippen molar-refractivity contribution in [2.75, 3.05) is 13.7 Å². The van der Waals surface area contributed by atoms with Gasteiger partial charge in [-0.3, -0.25) is 0 Å². The second kappa shape index (κ2) is 7.42. The summed E-state index contributed by atoms with van der Waals surface area (Å²) in [6, 6.07) is 9.07. The standard InChI is InChI=1S/C14H23NO/c1-4-12-8-6-7-9-13(12)10-15-14(5-2)11-16-3/h6-9,14-15H,4-5,10-11H2,1-3H3. The van der Waals surface area contributed by atoms with E-state index in [1.54, 1.807) is 7.11 Å². The van der Waals surface area contributed by atoms with Gasteiger partial charge in [0.2, 0.25) is 0 Å². The molecular formula is C14H23NO. The van der Waals surface area contributed by atoms with Crippen LogP contribution in [0.5, 0.6) is 0 Å². The zero-order chi connectivity index (χ0) is 11.8. The van der Waals surface area contributed by atoms with Crippen molar-refractivity contribution in [1.29, 1.82) is 0 Å². The predicted molar refractivity (Wildman–Crippen MR) is 68.6 cm³/mol. The summed E-state index contributed by atoms with van der Waals surface area (Å²) in [6.07, 6.45) is 2.20. The lowest BCUT2D eigenvalue weighted by Crippen LogP contribution is -2.32. The van der Waals surface area contributed by atoms with Gasteiger partial charge in [-0.25, -0.2) is 0 Å². The fraction of sp³-hybridized carbons (Fsp3) is 0.571. The number of hydrogen-bond acceptors (Lipinski definition) is 2. The highest BCUT2D eigenvalue weighted by Crippen LogP contribution is 2.09. The predicted octanol–water partition coefficient (Wildman–Crippen LogP) is 2.76. The van der Waals surface area contributed by atoms with Gasteiger partial charge in [-0.05, 0) is 24.0 Å². The molecule has 0 saturated carbocycles. The molecule has 0 aliphatic carbocycles. The van der Waals surface area contributed by atoms with Crippen molar-refractivity contribution in [3.05, 3.63) is 35.4 Å². The third-order valence-electron chi connectivity index (χ3n) is 2.94. The topological polar surface area (TPSA) is 21.3 Å². The van der Waals surface area contributed by atoms with Gasteiger partial charge in [-0.1, -0.05) is 38.1 Å². The van der Waals surface area contributed by atoms with Crippen LogP contribution in [0.15, 0.2) is 24.3 Å². The van der Waals surface area contributed by atoms with Crippen LogP contribution in [0.25, 0.3) is 0 Å². The molecule has 90 valence electrons. The zero-order valence-electron chi connectivity index (χ0n) is 10.6. The van der Waals surface area contributed by atoms with Gasteiger partial charge in [0.1, 0.15) is 0 Å². The minimum Gasteiger partial charge on any atom is -0.383 e. The molecular weight excluding hydrogens is 198 g/mol. The Bertz CT molecular complexity index is 299. The lowest BCUT2D eigenvalue weighted by atomic mass is 10.0. The number of aryl methyl sites for hydroxylation is 1. The molecule has 0 heterocycles. The van der Waals surface area contributed by atoms with E-state index in [1.165, 1.54) is 11.1 Å². The third kappa shape index (κ3) is 3.95. The average molecular weight is 221 g/mol. The van der Waals surface area contributed by atoms with Gasteiger partial charge in [0, 0.05) is 19.7 Å². The molecule has 2 heteroatoms. The number of ether oxygens (including phenoxy) is 1. The normalized spacial score (nSPS) is 12.7. The molecule has 0 aliphatic rings. The molecule has 1 aromatic rings. The van der Waals surface area contributed by atoms with E-state index in [2.05, 4.69) is 43.4 Å². The van der Waals surface area contributed by atoms with Crippen molar-refractivity contribution in [3.63, 3.8) is 0 Å². The van der Waals surface area contributed by atoms with Gasteiger partial charge >= 0.3 is 0 Å². The minimum atomic E-state index is 0.454. The second-order valence-electron chi connectivity index (χ2n) is 4.06. The van der Waals surface area contributed by atoms with Crippen molar-refractivity contribution in [2.24, 2.45) is 0 Å². The zero-order valence-corrected chi connectivity index (χ0v) is 10.6. The summed E-state index contributed by atoms with van der Waals surface area (Å²) in [5, 5.41) is 3.54. The molecule has 0 radical (unpaired) electrons. The van der Waals surface area contributed by atoms with E-state index in [-0.39, 0.29) is 0 Å². The molecule has 0 aromatic heterocycles. The van der Waals surface area contributed by atoms with Crippen LogP contribution in [0.3, 0.4) is 0 Å². The summed E-state index contributed by atoms with van der Waals surface area (Å²) >= 11 is 0. The van der Waals surface area contributed by atoms with Crippen LogP contribution in [0.2, 0.25) is 0 Å². The van der Waals surface area contributed by atoms with Gasteiger partial charge in [-0.15, -0.1) is 0 Å². The van der Waals surface area contributed by atoms with E-state index >= 15 is 0 Å². The van der Waals surface area contributed by atoms with Crippen LogP contribution in [-0.2, 0) is 17.7 Å². The molecule has 0 fully saturated rings. The van der Waals surface area contributed by atoms with Gasteiger partial charge in [0.05, 0.1) is 6.61 Å². The van der Waals surface area contributed by atoms with Crippen LogP contribution in [0, 0.1) is 0 Å². The van der Waals surface area contributed by atoms with Gasteiger partial charge < -0.3 is 10.1 Å². The third-order valence-corrected chi connectivity index (χ3v) is 2.94. The summed E-state index contributed by atoms with van der Waals surface area (Å²) in [6.45, 7) is 6.10. The van der Waals surface area contributed by atoms with E-state index in [1.807, 2.05) is 0 Å². The summed E-state index contributed by atoms with van der Waals surface area (Å²) in [5.74, 6) is 0. The van der Waals surface area contributed by atoms with E-state index in [9.17, 15) is 0 Å². The molecule has 16 heavy (non-hydrogen) atoms. The molecule has 0 aliphatic heterocycles. The summed E-state index contributed by atoms with van der Waals surface area (Å²) in [7, 11) is 1.75. The summed E-state index contributed by atoms with van der Waals surface area (Å²) in [5.41, 5.74) is 2.84. The molecule has 1 unspecified atom stereocenters. The van der Waals surface area contributed by atoms with Crippen molar-refractivity contribution < 1.29 is 4.74 Å². The maximum atomic E-state index is 5.18. The monoisotopic (exact) mass is 221 g/mol. The van der Waals surface area contributed by atoms with Crippen molar-refractivity contribution >= 4 is 0 Å². The molecule has 1 N–H and O–H groups in total. The van der Waals surface area contributed by atoms with Gasteiger partial charge in [0.25, 0.3) is 0 Å². The molecule has 0 spiro atoms. The minimum absolute atomic E-state index is 0.454. The summed E-state index contributed by atoms with van der Waals surface area (Å²) < 4.78 is 5.18. The summed E-state index contributed by atoms with van der Waals surface area (Å²) in [4.78, 5) is 0. The second-order valence-corrected chi connectivity index (χ2v) is 4.06. The maximum absolute atomic E-state index is 5.18. The molecule has 0 amide bonds. The number of nitrogens with one attached hydrogen (secondary N) is 1. The molecule has 1 aromatic carbocycles. The van der Waals surface area contributed by atoms with Crippen LogP contribution in [0.1, 0.15) is 31.4 Å². The van der Waals surface area contributed by atoms with E-state index in [0.717, 1.165) is 26.0 Å². The van der Waals surface area contributed by atoms with Crippen molar-refractivity contribution in [3.8, 4) is 0 Å². The Morgan fingerprint density at radius 2 is 1.88 bits per heavy atom. The highest BCUT2D eigenvalue weighted by Gasteiger charge is 2.06. The highest BCUT2D eigenvalue weighted by molar-refractivity contribution is 5.26. The number of methoxy groups -OCH3 is 1. The fourth-order valence-corrected chi connectivity index (χ4v) is 1.85. The molecule has 1 atom stereocenters. The lowest BCUT2D eigenvalue weighted by Gasteiger charge is -2.17. The first-order chi connectivity index (χ1) is 7.81. The Hall–Kier alpha value is -0.860. The van der Waals surface area contributed by atoms with E-state index in [0.29, 0.717) is 6.04 Å². The lowest BCUT2D eigenvalue weighted by molar-refractivity contribution is 0.164. The van der Waals surface area contributed by atoms with Crippen molar-refractivity contribution in [1.82, 2.24) is 5.32 Å². The quantitative estimate of drug-likeness (QED) is 0.764.